The highest BCUT2D eigenvalue weighted by Crippen LogP contribution is 2.41. The van der Waals surface area contributed by atoms with E-state index in [2.05, 4.69) is 5.32 Å². The van der Waals surface area contributed by atoms with Gasteiger partial charge in [-0.25, -0.2) is 9.59 Å². The van der Waals surface area contributed by atoms with Crippen LogP contribution in [0, 0.1) is 16.0 Å². The minimum absolute atomic E-state index is 0.169. The molecule has 2 N–H and O–H groups in total. The van der Waals surface area contributed by atoms with E-state index in [9.17, 15) is 24.8 Å². The molecular formula is C18H24N2O7. The van der Waals surface area contributed by atoms with Crippen molar-refractivity contribution in [2.24, 2.45) is 5.92 Å². The van der Waals surface area contributed by atoms with Crippen LogP contribution in [0.4, 0.5) is 10.5 Å². The number of hydrogen-bond acceptors (Lipinski definition) is 7. The largest absolute Gasteiger partial charge is 0.507 e. The molecule has 0 bridgehead atoms. The highest BCUT2D eigenvalue weighted by Gasteiger charge is 2.53. The lowest BCUT2D eigenvalue weighted by Crippen LogP contribution is -2.52. The fraction of sp³-hybridized carbons (Fsp3) is 0.556. The number of hydrogen-bond donors (Lipinski definition) is 2. The molecule has 1 heterocycles. The predicted molar refractivity (Wildman–Crippen MR) is 95.3 cm³/mol. The molecule has 9 heteroatoms. The third-order valence-corrected chi connectivity index (χ3v) is 4.37. The van der Waals surface area contributed by atoms with Crippen LogP contribution in [0.1, 0.15) is 39.2 Å². The number of ether oxygens (including phenoxy) is 2. The summed E-state index contributed by atoms with van der Waals surface area (Å²) in [5.41, 5.74) is -2.71. The Kier molecular flexibility index (Phi) is 6.04. The van der Waals surface area contributed by atoms with Crippen LogP contribution in [0.15, 0.2) is 24.3 Å². The number of nitrogens with one attached hydrogen (secondary N) is 1. The summed E-state index contributed by atoms with van der Waals surface area (Å²) in [4.78, 5) is 35.1. The van der Waals surface area contributed by atoms with E-state index in [1.807, 2.05) is 0 Å². The van der Waals surface area contributed by atoms with Crippen LogP contribution in [0.2, 0.25) is 0 Å². The number of benzene rings is 1. The highest BCUT2D eigenvalue weighted by molar-refractivity contribution is 5.84. The first-order valence-electron chi connectivity index (χ1n) is 8.67. The highest BCUT2D eigenvalue weighted by atomic mass is 16.7. The lowest BCUT2D eigenvalue weighted by molar-refractivity contribution is -0.384. The lowest BCUT2D eigenvalue weighted by atomic mass is 9.76. The number of rotatable bonds is 5. The molecule has 1 aromatic rings. The first-order chi connectivity index (χ1) is 12.6. The van der Waals surface area contributed by atoms with E-state index in [1.165, 1.54) is 24.3 Å². The third kappa shape index (κ3) is 4.73. The number of carbonyl (C=O) groups is 2. The number of non-ortho nitro benzene ring substituents is 1. The van der Waals surface area contributed by atoms with Crippen molar-refractivity contribution < 1.29 is 29.1 Å². The standard InChI is InChI=1S/C18H24N2O7/c1-17(2,3)26-15(21)18(27-16(22)23,13-8-10-19-11-9-13)12-4-6-14(7-5-12)20(24)25/h4-7,13,19H,8-11H2,1-3H3,(H,22,23). The number of esters is 1. The maximum atomic E-state index is 13.2. The van der Waals surface area contributed by atoms with E-state index < -0.39 is 34.2 Å². The van der Waals surface area contributed by atoms with Crippen molar-refractivity contribution in [3.05, 3.63) is 39.9 Å². The summed E-state index contributed by atoms with van der Waals surface area (Å²) in [5.74, 6) is -1.29. The average molecular weight is 380 g/mol. The van der Waals surface area contributed by atoms with Gasteiger partial charge in [0.1, 0.15) is 5.60 Å². The lowest BCUT2D eigenvalue weighted by Gasteiger charge is -2.40. The Bertz CT molecular complexity index is 705. The van der Waals surface area contributed by atoms with Gasteiger partial charge in [-0.2, -0.15) is 0 Å². The number of nitro benzene ring substituents is 1. The maximum Gasteiger partial charge on any atom is 0.507 e. The minimum Gasteiger partial charge on any atom is -0.457 e. The fourth-order valence-corrected chi connectivity index (χ4v) is 3.25. The van der Waals surface area contributed by atoms with E-state index in [4.69, 9.17) is 9.47 Å². The van der Waals surface area contributed by atoms with Crippen molar-refractivity contribution in [3.8, 4) is 0 Å². The summed E-state index contributed by atoms with van der Waals surface area (Å²) in [6.45, 7) is 6.20. The molecule has 1 aliphatic rings. The van der Waals surface area contributed by atoms with Gasteiger partial charge in [0.2, 0.25) is 5.60 Å². The topological polar surface area (TPSA) is 128 Å². The molecule has 2 rings (SSSR count). The molecule has 1 saturated heterocycles. The normalized spacial score (nSPS) is 17.6. The average Bonchev–Trinajstić information content (AvgIpc) is 2.58. The second-order valence-electron chi connectivity index (χ2n) is 7.43. The number of piperidine rings is 1. The van der Waals surface area contributed by atoms with Crippen LogP contribution in [0.25, 0.3) is 0 Å². The molecule has 1 unspecified atom stereocenters. The zero-order valence-electron chi connectivity index (χ0n) is 15.6. The molecule has 1 aliphatic heterocycles. The Morgan fingerprint density at radius 2 is 1.70 bits per heavy atom. The summed E-state index contributed by atoms with van der Waals surface area (Å²) in [5, 5.41) is 23.5. The molecule has 0 spiro atoms. The van der Waals surface area contributed by atoms with E-state index in [0.717, 1.165) is 0 Å². The van der Waals surface area contributed by atoms with Gasteiger partial charge < -0.3 is 19.9 Å². The van der Waals surface area contributed by atoms with E-state index in [1.54, 1.807) is 20.8 Å². The van der Waals surface area contributed by atoms with Crippen LogP contribution in [0.5, 0.6) is 0 Å². The van der Waals surface area contributed by atoms with Gasteiger partial charge >= 0.3 is 12.1 Å². The van der Waals surface area contributed by atoms with Crippen LogP contribution >= 0.6 is 0 Å². The van der Waals surface area contributed by atoms with Crippen LogP contribution < -0.4 is 5.32 Å². The molecule has 0 aromatic heterocycles. The molecule has 148 valence electrons. The molecule has 1 aromatic carbocycles. The second kappa shape index (κ2) is 7.91. The molecule has 0 amide bonds. The number of nitro groups is 1. The van der Waals surface area contributed by atoms with E-state index in [0.29, 0.717) is 25.9 Å². The van der Waals surface area contributed by atoms with Gasteiger partial charge in [0, 0.05) is 23.6 Å². The van der Waals surface area contributed by atoms with Crippen molar-refractivity contribution in [1.29, 1.82) is 0 Å². The van der Waals surface area contributed by atoms with Crippen LogP contribution in [0.3, 0.4) is 0 Å². The molecule has 1 atom stereocenters. The van der Waals surface area contributed by atoms with Gasteiger partial charge in [-0.3, -0.25) is 10.1 Å². The van der Waals surface area contributed by atoms with Crippen LogP contribution in [-0.4, -0.2) is 40.8 Å². The van der Waals surface area contributed by atoms with Crippen molar-refractivity contribution in [2.45, 2.75) is 44.8 Å². The monoisotopic (exact) mass is 380 g/mol. The summed E-state index contributed by atoms with van der Waals surface area (Å²) in [7, 11) is 0. The SMILES string of the molecule is CC(C)(C)OC(=O)C(OC(=O)O)(c1ccc([N+](=O)[O-])cc1)C1CCNCC1. The molecule has 27 heavy (non-hydrogen) atoms. The fourth-order valence-electron chi connectivity index (χ4n) is 3.25. The summed E-state index contributed by atoms with van der Waals surface area (Å²) in [6.07, 6.45) is -0.634. The van der Waals surface area contributed by atoms with Crippen LogP contribution in [-0.2, 0) is 19.9 Å². The van der Waals surface area contributed by atoms with Gasteiger partial charge in [-0.15, -0.1) is 0 Å². The number of carbonyl (C=O) groups excluding carboxylic acids is 1. The summed E-state index contributed by atoms with van der Waals surface area (Å²) >= 11 is 0. The zero-order valence-corrected chi connectivity index (χ0v) is 15.6. The Hall–Kier alpha value is -2.68. The molecule has 0 aliphatic carbocycles. The predicted octanol–water partition coefficient (Wildman–Crippen LogP) is 2.83. The third-order valence-electron chi connectivity index (χ3n) is 4.37. The molecule has 0 saturated carbocycles. The van der Waals surface area contributed by atoms with Crippen molar-refractivity contribution in [3.63, 3.8) is 0 Å². The van der Waals surface area contributed by atoms with Gasteiger partial charge in [-0.1, -0.05) is 0 Å². The molecule has 1 fully saturated rings. The van der Waals surface area contributed by atoms with Gasteiger partial charge in [0.05, 0.1) is 4.92 Å². The smallest absolute Gasteiger partial charge is 0.457 e. The first kappa shape index (κ1) is 20.6. The van der Waals surface area contributed by atoms with E-state index >= 15 is 0 Å². The van der Waals surface area contributed by atoms with Crippen molar-refractivity contribution in [1.82, 2.24) is 5.32 Å². The Balaban J connectivity index is 2.59. The number of carboxylic acid groups (broad SMARTS) is 1. The van der Waals surface area contributed by atoms with Crippen molar-refractivity contribution >= 4 is 17.8 Å². The van der Waals surface area contributed by atoms with Gasteiger partial charge in [-0.05, 0) is 58.8 Å². The Morgan fingerprint density at radius 1 is 1.15 bits per heavy atom. The molecular weight excluding hydrogens is 356 g/mol. The molecule has 0 radical (unpaired) electrons. The Labute approximate surface area is 156 Å². The van der Waals surface area contributed by atoms with Gasteiger partial charge in [0.15, 0.2) is 0 Å². The number of nitrogens with zero attached hydrogens (tertiary/aromatic N) is 1. The van der Waals surface area contributed by atoms with Gasteiger partial charge in [0.25, 0.3) is 5.69 Å². The second-order valence-corrected chi connectivity index (χ2v) is 7.43. The molecule has 9 nitrogen and oxygen atoms in total. The summed E-state index contributed by atoms with van der Waals surface area (Å²) in [6, 6.07) is 5.15. The van der Waals surface area contributed by atoms with Crippen molar-refractivity contribution in [2.75, 3.05) is 13.1 Å². The summed E-state index contributed by atoms with van der Waals surface area (Å²) < 4.78 is 10.7. The zero-order chi connectivity index (χ0) is 20.2. The Morgan fingerprint density at radius 3 is 2.15 bits per heavy atom. The maximum absolute atomic E-state index is 13.2. The van der Waals surface area contributed by atoms with E-state index in [-0.39, 0.29) is 11.3 Å². The quantitative estimate of drug-likeness (QED) is 0.453. The minimum atomic E-state index is -1.89. The first-order valence-corrected chi connectivity index (χ1v) is 8.67.